The van der Waals surface area contributed by atoms with Gasteiger partial charge in [-0.25, -0.2) is 5.21 Å². The van der Waals surface area contributed by atoms with Crippen LogP contribution in [0.5, 0.6) is 0 Å². The van der Waals surface area contributed by atoms with Crippen molar-refractivity contribution >= 4 is 17.3 Å². The zero-order valence-corrected chi connectivity index (χ0v) is 19.4. The molecule has 0 bridgehead atoms. The molecule has 8 heteroatoms. The lowest BCUT2D eigenvalue weighted by atomic mass is 9.94. The number of aromatic nitrogens is 1. The molecule has 35 heavy (non-hydrogen) atoms. The van der Waals surface area contributed by atoms with Gasteiger partial charge in [-0.05, 0) is 35.4 Å². The fourth-order valence-electron chi connectivity index (χ4n) is 4.59. The van der Waals surface area contributed by atoms with Gasteiger partial charge in [0.1, 0.15) is 5.69 Å². The number of nitrogens with zero attached hydrogens (tertiary/aromatic N) is 3. The van der Waals surface area contributed by atoms with Crippen LogP contribution >= 0.6 is 0 Å². The lowest BCUT2D eigenvalue weighted by Gasteiger charge is -2.36. The SMILES string of the molecule is O=C1C([NH2+]O)=C(NCc2ccc(N3CCN(Cc4ccccc4)CC3)cc2)C(=O)c2ncccc21. The Morgan fingerprint density at radius 2 is 1.60 bits per heavy atom. The molecule has 1 fully saturated rings. The van der Waals surface area contributed by atoms with Crippen LogP contribution in [0.1, 0.15) is 32.0 Å². The maximum absolute atomic E-state index is 12.9. The van der Waals surface area contributed by atoms with E-state index in [0.717, 1.165) is 38.3 Å². The fourth-order valence-corrected chi connectivity index (χ4v) is 4.59. The van der Waals surface area contributed by atoms with E-state index in [0.29, 0.717) is 12.0 Å². The van der Waals surface area contributed by atoms with Gasteiger partial charge in [0.05, 0.1) is 5.56 Å². The lowest BCUT2D eigenvalue weighted by Crippen LogP contribution is -2.81. The van der Waals surface area contributed by atoms with Crippen LogP contribution in [0.2, 0.25) is 0 Å². The van der Waals surface area contributed by atoms with Crippen molar-refractivity contribution in [3.63, 3.8) is 0 Å². The minimum absolute atomic E-state index is 0.0412. The van der Waals surface area contributed by atoms with E-state index in [9.17, 15) is 14.8 Å². The van der Waals surface area contributed by atoms with Gasteiger partial charge in [0.25, 0.3) is 5.78 Å². The van der Waals surface area contributed by atoms with E-state index in [1.54, 1.807) is 12.1 Å². The van der Waals surface area contributed by atoms with Crippen LogP contribution in [0.3, 0.4) is 0 Å². The number of rotatable bonds is 7. The van der Waals surface area contributed by atoms with E-state index in [2.05, 4.69) is 56.5 Å². The van der Waals surface area contributed by atoms with Crippen LogP contribution in [-0.4, -0.2) is 52.8 Å². The number of piperazine rings is 1. The van der Waals surface area contributed by atoms with E-state index in [1.807, 2.05) is 18.2 Å². The molecule has 0 spiro atoms. The number of hydroxylamine groups is 1. The van der Waals surface area contributed by atoms with E-state index in [-0.39, 0.29) is 22.7 Å². The topological polar surface area (TPSA) is 102 Å². The summed E-state index contributed by atoms with van der Waals surface area (Å²) in [6.45, 7) is 5.28. The quantitative estimate of drug-likeness (QED) is 0.452. The predicted molar refractivity (Wildman–Crippen MR) is 131 cm³/mol. The second kappa shape index (κ2) is 10.2. The van der Waals surface area contributed by atoms with Crippen molar-refractivity contribution in [1.29, 1.82) is 0 Å². The molecule has 4 N–H and O–H groups in total. The Kier molecular flexibility index (Phi) is 6.67. The van der Waals surface area contributed by atoms with Gasteiger partial charge in [0.15, 0.2) is 5.70 Å². The summed E-state index contributed by atoms with van der Waals surface area (Å²) in [7, 11) is 0. The Bertz CT molecular complexity index is 1250. The number of carbonyl (C=O) groups is 2. The standard InChI is InChI=1S/C27H27N5O3/c33-26-22-7-4-12-28-23(22)27(34)24(25(26)30-35)29-17-19-8-10-21(11-9-19)32-15-13-31(14-16-32)18-20-5-2-1-3-6-20/h1-12,29-30,35H,13-18H2/p+1. The number of carbonyl (C=O) groups excluding carboxylic acids is 2. The summed E-state index contributed by atoms with van der Waals surface area (Å²) in [4.78, 5) is 34.5. The summed E-state index contributed by atoms with van der Waals surface area (Å²) in [5.41, 5.74) is 4.50. The number of quaternary nitrogens is 1. The van der Waals surface area contributed by atoms with Crippen LogP contribution in [0, 0.1) is 0 Å². The molecule has 8 nitrogen and oxygen atoms in total. The summed E-state index contributed by atoms with van der Waals surface area (Å²) >= 11 is 0. The van der Waals surface area contributed by atoms with Gasteiger partial charge < -0.3 is 10.2 Å². The number of benzene rings is 2. The van der Waals surface area contributed by atoms with Crippen LogP contribution < -0.4 is 15.7 Å². The molecule has 1 aliphatic carbocycles. The van der Waals surface area contributed by atoms with Crippen molar-refractivity contribution in [2.45, 2.75) is 13.1 Å². The van der Waals surface area contributed by atoms with Gasteiger partial charge in [0.2, 0.25) is 11.5 Å². The third-order valence-corrected chi connectivity index (χ3v) is 6.53. The molecule has 178 valence electrons. The zero-order valence-electron chi connectivity index (χ0n) is 19.4. The molecule has 0 saturated carbocycles. The van der Waals surface area contributed by atoms with Gasteiger partial charge in [-0.1, -0.05) is 42.5 Å². The van der Waals surface area contributed by atoms with Crippen LogP contribution in [0.4, 0.5) is 5.69 Å². The molecule has 2 heterocycles. The molecule has 0 unspecified atom stereocenters. The molecule has 1 aliphatic heterocycles. The molecule has 1 aromatic heterocycles. The van der Waals surface area contributed by atoms with Crippen molar-refractivity contribution in [2.24, 2.45) is 0 Å². The Morgan fingerprint density at radius 3 is 2.31 bits per heavy atom. The summed E-state index contributed by atoms with van der Waals surface area (Å²) in [6, 6.07) is 21.9. The normalized spacial score (nSPS) is 16.4. The van der Waals surface area contributed by atoms with Crippen LogP contribution in [-0.2, 0) is 13.1 Å². The zero-order chi connectivity index (χ0) is 24.2. The minimum Gasteiger partial charge on any atom is -0.373 e. The highest BCUT2D eigenvalue weighted by Crippen LogP contribution is 2.22. The van der Waals surface area contributed by atoms with Gasteiger partial charge in [-0.15, -0.1) is 0 Å². The molecule has 3 aromatic rings. The van der Waals surface area contributed by atoms with Crippen molar-refractivity contribution in [1.82, 2.24) is 15.2 Å². The fraction of sp³-hybridized carbons (Fsp3) is 0.222. The van der Waals surface area contributed by atoms with Crippen molar-refractivity contribution in [2.75, 3.05) is 31.1 Å². The smallest absolute Gasteiger partial charge is 0.253 e. The number of hydrogen-bond acceptors (Lipinski definition) is 7. The first-order valence-electron chi connectivity index (χ1n) is 11.7. The number of nitrogens with two attached hydrogens (primary N) is 1. The average Bonchev–Trinajstić information content (AvgIpc) is 2.91. The second-order valence-electron chi connectivity index (χ2n) is 8.74. The minimum atomic E-state index is -0.417. The van der Waals surface area contributed by atoms with Crippen molar-refractivity contribution < 1.29 is 20.3 Å². The number of hydrogen-bond donors (Lipinski definition) is 3. The molecule has 0 radical (unpaired) electrons. The maximum atomic E-state index is 12.9. The first kappa shape index (κ1) is 22.9. The van der Waals surface area contributed by atoms with Crippen LogP contribution in [0.25, 0.3) is 0 Å². The van der Waals surface area contributed by atoms with E-state index >= 15 is 0 Å². The number of ketones is 2. The number of allylic oxidation sites excluding steroid dienone is 2. The molecular formula is C27H28N5O3+. The molecule has 0 amide bonds. The van der Waals surface area contributed by atoms with E-state index < -0.39 is 11.6 Å². The van der Waals surface area contributed by atoms with Crippen molar-refractivity contribution in [3.05, 3.63) is 107 Å². The molecule has 1 saturated heterocycles. The highest BCUT2D eigenvalue weighted by atomic mass is 16.5. The Hall–Kier alpha value is -3.85. The Balaban J connectivity index is 1.19. The molecule has 2 aliphatic rings. The number of anilines is 1. The van der Waals surface area contributed by atoms with Gasteiger partial charge in [0, 0.05) is 51.2 Å². The summed E-state index contributed by atoms with van der Waals surface area (Å²) in [5, 5.41) is 12.7. The summed E-state index contributed by atoms with van der Waals surface area (Å²) in [5.74, 6) is -0.815. The number of nitrogens with one attached hydrogen (secondary N) is 1. The van der Waals surface area contributed by atoms with E-state index in [4.69, 9.17) is 0 Å². The van der Waals surface area contributed by atoms with Crippen LogP contribution in [0.15, 0.2) is 84.3 Å². The molecule has 2 aromatic carbocycles. The Morgan fingerprint density at radius 1 is 0.857 bits per heavy atom. The first-order valence-corrected chi connectivity index (χ1v) is 11.7. The second-order valence-corrected chi connectivity index (χ2v) is 8.74. The largest absolute Gasteiger partial charge is 0.373 e. The molecular weight excluding hydrogens is 442 g/mol. The number of pyridine rings is 1. The summed E-state index contributed by atoms with van der Waals surface area (Å²) < 4.78 is 0. The number of fused-ring (bicyclic) bond motifs is 1. The highest BCUT2D eigenvalue weighted by Gasteiger charge is 2.36. The molecule has 0 atom stereocenters. The maximum Gasteiger partial charge on any atom is 0.253 e. The third-order valence-electron chi connectivity index (χ3n) is 6.53. The van der Waals surface area contributed by atoms with Gasteiger partial charge in [-0.3, -0.25) is 19.5 Å². The Labute approximate surface area is 203 Å². The summed E-state index contributed by atoms with van der Waals surface area (Å²) in [6.07, 6.45) is 1.48. The average molecular weight is 471 g/mol. The first-order chi connectivity index (χ1) is 17.1. The molecule has 5 rings (SSSR count). The van der Waals surface area contributed by atoms with Gasteiger partial charge >= 0.3 is 0 Å². The van der Waals surface area contributed by atoms with E-state index in [1.165, 1.54) is 17.4 Å². The predicted octanol–water partition coefficient (Wildman–Crippen LogP) is 1.74. The highest BCUT2D eigenvalue weighted by molar-refractivity contribution is 6.24. The number of Topliss-reactive ketones (excluding diaryl/α,β-unsaturated/α-hetero) is 2. The lowest BCUT2D eigenvalue weighted by molar-refractivity contribution is -0.846. The van der Waals surface area contributed by atoms with Crippen molar-refractivity contribution in [3.8, 4) is 0 Å². The van der Waals surface area contributed by atoms with Gasteiger partial charge in [-0.2, -0.15) is 5.48 Å². The third kappa shape index (κ3) is 4.85. The monoisotopic (exact) mass is 470 g/mol.